The third-order valence-corrected chi connectivity index (χ3v) is 5.01. The Morgan fingerprint density at radius 3 is 2.36 bits per heavy atom. The Labute approximate surface area is 167 Å². The van der Waals surface area contributed by atoms with E-state index in [9.17, 15) is 9.59 Å². The van der Waals surface area contributed by atoms with Crippen LogP contribution in [-0.4, -0.2) is 46.0 Å². The second-order valence-corrected chi connectivity index (χ2v) is 7.78. The van der Waals surface area contributed by atoms with E-state index < -0.39 is 5.91 Å². The van der Waals surface area contributed by atoms with Gasteiger partial charge in [-0.15, -0.1) is 10.2 Å². The lowest BCUT2D eigenvalue weighted by molar-refractivity contribution is 0.0827. The first-order valence-electron chi connectivity index (χ1n) is 8.77. The summed E-state index contributed by atoms with van der Waals surface area (Å²) in [6, 6.07) is 9.65. The smallest absolute Gasteiger partial charge is 0.259 e. The van der Waals surface area contributed by atoms with Gasteiger partial charge in [-0.05, 0) is 17.5 Å². The number of benzene rings is 1. The second kappa shape index (κ2) is 8.26. The van der Waals surface area contributed by atoms with Crippen molar-refractivity contribution in [3.8, 4) is 10.6 Å². The van der Waals surface area contributed by atoms with E-state index in [1.807, 2.05) is 12.1 Å². The van der Waals surface area contributed by atoms with Crippen molar-refractivity contribution >= 4 is 28.3 Å². The summed E-state index contributed by atoms with van der Waals surface area (Å²) in [5, 5.41) is 12.0. The average molecular weight is 395 g/mol. The average Bonchev–Trinajstić information content (AvgIpc) is 3.16. The van der Waals surface area contributed by atoms with Crippen molar-refractivity contribution < 1.29 is 9.59 Å². The van der Waals surface area contributed by atoms with E-state index in [1.54, 1.807) is 14.1 Å². The molecular weight excluding hydrogens is 374 g/mol. The van der Waals surface area contributed by atoms with E-state index in [-0.39, 0.29) is 11.5 Å². The summed E-state index contributed by atoms with van der Waals surface area (Å²) in [6.45, 7) is 4.28. The van der Waals surface area contributed by atoms with Gasteiger partial charge in [0, 0.05) is 32.1 Å². The summed E-state index contributed by atoms with van der Waals surface area (Å²) >= 11 is 1.29. The van der Waals surface area contributed by atoms with Crippen molar-refractivity contribution in [1.82, 2.24) is 20.1 Å². The first-order chi connectivity index (χ1) is 13.3. The first kappa shape index (κ1) is 19.6. The van der Waals surface area contributed by atoms with Crippen LogP contribution in [0.3, 0.4) is 0 Å². The lowest BCUT2D eigenvalue weighted by atomic mass is 10.0. The van der Waals surface area contributed by atoms with E-state index in [1.165, 1.54) is 40.3 Å². The number of anilines is 1. The SMILES string of the molecule is CC(C)c1ccc(-c2nnc(NC(=O)c3cncc(C(=O)N(C)C)c3)s2)cc1. The molecule has 0 unspecified atom stereocenters. The quantitative estimate of drug-likeness (QED) is 0.712. The Morgan fingerprint density at radius 2 is 1.71 bits per heavy atom. The van der Waals surface area contributed by atoms with Crippen LogP contribution < -0.4 is 5.32 Å². The van der Waals surface area contributed by atoms with Crippen LogP contribution in [0.4, 0.5) is 5.13 Å². The molecule has 2 heterocycles. The minimum absolute atomic E-state index is 0.217. The number of rotatable bonds is 5. The van der Waals surface area contributed by atoms with Gasteiger partial charge in [0.25, 0.3) is 11.8 Å². The maximum atomic E-state index is 12.5. The van der Waals surface area contributed by atoms with Gasteiger partial charge in [-0.3, -0.25) is 19.9 Å². The second-order valence-electron chi connectivity index (χ2n) is 6.81. The summed E-state index contributed by atoms with van der Waals surface area (Å²) in [7, 11) is 3.29. The maximum absolute atomic E-state index is 12.5. The predicted molar refractivity (Wildman–Crippen MR) is 110 cm³/mol. The Kier molecular flexibility index (Phi) is 5.79. The van der Waals surface area contributed by atoms with Crippen LogP contribution in [-0.2, 0) is 0 Å². The molecule has 1 N–H and O–H groups in total. The third-order valence-electron chi connectivity index (χ3n) is 4.12. The summed E-state index contributed by atoms with van der Waals surface area (Å²) in [5.74, 6) is -0.147. The van der Waals surface area contributed by atoms with Crippen LogP contribution in [0.15, 0.2) is 42.7 Å². The minimum atomic E-state index is -0.390. The molecule has 0 bridgehead atoms. The first-order valence-corrected chi connectivity index (χ1v) is 9.58. The molecule has 0 aliphatic heterocycles. The van der Waals surface area contributed by atoms with Crippen LogP contribution >= 0.6 is 11.3 Å². The molecule has 1 aromatic carbocycles. The fraction of sp³-hybridized carbons (Fsp3) is 0.250. The van der Waals surface area contributed by atoms with Crippen molar-refractivity contribution in [2.45, 2.75) is 19.8 Å². The number of aromatic nitrogens is 3. The van der Waals surface area contributed by atoms with Crippen molar-refractivity contribution in [3.63, 3.8) is 0 Å². The molecule has 2 amide bonds. The molecule has 0 saturated carbocycles. The zero-order chi connectivity index (χ0) is 20.3. The lowest BCUT2D eigenvalue weighted by Gasteiger charge is -2.10. The molecule has 3 rings (SSSR count). The largest absolute Gasteiger partial charge is 0.345 e. The number of carbonyl (C=O) groups is 2. The van der Waals surface area contributed by atoms with Crippen LogP contribution in [0, 0.1) is 0 Å². The zero-order valence-electron chi connectivity index (χ0n) is 16.1. The third kappa shape index (κ3) is 4.40. The fourth-order valence-electron chi connectivity index (χ4n) is 2.51. The Hall–Kier alpha value is -3.13. The molecule has 0 aliphatic carbocycles. The molecular formula is C20H21N5O2S. The van der Waals surface area contributed by atoms with Gasteiger partial charge in [-0.25, -0.2) is 0 Å². The zero-order valence-corrected chi connectivity index (χ0v) is 16.9. The molecule has 144 valence electrons. The number of pyridine rings is 1. The van der Waals surface area contributed by atoms with E-state index in [4.69, 9.17) is 0 Å². The minimum Gasteiger partial charge on any atom is -0.345 e. The molecule has 0 aliphatic rings. The van der Waals surface area contributed by atoms with Gasteiger partial charge in [-0.1, -0.05) is 49.4 Å². The van der Waals surface area contributed by atoms with Crippen molar-refractivity contribution in [2.24, 2.45) is 0 Å². The lowest BCUT2D eigenvalue weighted by Crippen LogP contribution is -2.22. The highest BCUT2D eigenvalue weighted by Gasteiger charge is 2.15. The predicted octanol–water partition coefficient (Wildman–Crippen LogP) is 3.68. The van der Waals surface area contributed by atoms with Crippen LogP contribution in [0.1, 0.15) is 46.0 Å². The highest BCUT2D eigenvalue weighted by Crippen LogP contribution is 2.28. The highest BCUT2D eigenvalue weighted by atomic mass is 32.1. The van der Waals surface area contributed by atoms with Crippen LogP contribution in [0.5, 0.6) is 0 Å². The van der Waals surface area contributed by atoms with Gasteiger partial charge < -0.3 is 4.90 Å². The number of amides is 2. The maximum Gasteiger partial charge on any atom is 0.259 e. The topological polar surface area (TPSA) is 88.1 Å². The van der Waals surface area contributed by atoms with Crippen LogP contribution in [0.2, 0.25) is 0 Å². The van der Waals surface area contributed by atoms with Gasteiger partial charge in [0.1, 0.15) is 5.01 Å². The molecule has 0 radical (unpaired) electrons. The Bertz CT molecular complexity index is 996. The molecule has 0 atom stereocenters. The number of nitrogens with one attached hydrogen (secondary N) is 1. The van der Waals surface area contributed by atoms with Crippen molar-refractivity contribution in [3.05, 3.63) is 59.4 Å². The number of hydrogen-bond acceptors (Lipinski definition) is 6. The number of hydrogen-bond donors (Lipinski definition) is 1. The standard InChI is InChI=1S/C20H21N5O2S/c1-12(2)13-5-7-14(8-6-13)18-23-24-20(28-18)22-17(26)15-9-16(11-21-10-15)19(27)25(3)4/h5-12H,1-4H3,(H,22,24,26). The Morgan fingerprint density at radius 1 is 1.04 bits per heavy atom. The monoisotopic (exact) mass is 395 g/mol. The summed E-state index contributed by atoms with van der Waals surface area (Å²) in [4.78, 5) is 29.9. The molecule has 3 aromatic rings. The van der Waals surface area contributed by atoms with Crippen molar-refractivity contribution in [1.29, 1.82) is 0 Å². The Balaban J connectivity index is 1.74. The molecule has 0 fully saturated rings. The van der Waals surface area contributed by atoms with E-state index in [2.05, 4.69) is 46.5 Å². The van der Waals surface area contributed by atoms with Gasteiger partial charge in [-0.2, -0.15) is 0 Å². The van der Waals surface area contributed by atoms with Gasteiger partial charge in [0.05, 0.1) is 11.1 Å². The molecule has 2 aromatic heterocycles. The highest BCUT2D eigenvalue weighted by molar-refractivity contribution is 7.18. The van der Waals surface area contributed by atoms with Gasteiger partial charge in [0.2, 0.25) is 5.13 Å². The molecule has 0 saturated heterocycles. The number of nitrogens with zero attached hydrogens (tertiary/aromatic N) is 4. The summed E-state index contributed by atoms with van der Waals surface area (Å²) in [6.07, 6.45) is 2.84. The van der Waals surface area contributed by atoms with E-state index >= 15 is 0 Å². The van der Waals surface area contributed by atoms with E-state index in [0.29, 0.717) is 16.6 Å². The normalized spacial score (nSPS) is 10.8. The molecule has 8 heteroatoms. The molecule has 7 nitrogen and oxygen atoms in total. The fourth-order valence-corrected chi connectivity index (χ4v) is 3.25. The summed E-state index contributed by atoms with van der Waals surface area (Å²) in [5.41, 5.74) is 2.83. The van der Waals surface area contributed by atoms with Crippen molar-refractivity contribution in [2.75, 3.05) is 19.4 Å². The molecule has 0 spiro atoms. The molecule has 28 heavy (non-hydrogen) atoms. The van der Waals surface area contributed by atoms with Gasteiger partial charge in [0.15, 0.2) is 0 Å². The van der Waals surface area contributed by atoms with Gasteiger partial charge >= 0.3 is 0 Å². The number of carbonyl (C=O) groups excluding carboxylic acids is 2. The van der Waals surface area contributed by atoms with E-state index in [0.717, 1.165) is 10.6 Å². The summed E-state index contributed by atoms with van der Waals surface area (Å²) < 4.78 is 0. The van der Waals surface area contributed by atoms with Crippen LogP contribution in [0.25, 0.3) is 10.6 Å².